The monoisotopic (exact) mass is 272 g/mol. The van der Waals surface area contributed by atoms with Gasteiger partial charge in [0.1, 0.15) is 0 Å². The Kier molecular flexibility index (Phi) is 5.10. The molecule has 108 valence electrons. The minimum atomic E-state index is 0.137. The van der Waals surface area contributed by atoms with Crippen LogP contribution in [0.15, 0.2) is 36.7 Å². The van der Waals surface area contributed by atoms with Gasteiger partial charge in [-0.15, -0.1) is 0 Å². The Hall–Kier alpha value is -1.45. The van der Waals surface area contributed by atoms with E-state index in [-0.39, 0.29) is 12.1 Å². The molecule has 0 aliphatic heterocycles. The van der Waals surface area contributed by atoms with Gasteiger partial charge in [-0.3, -0.25) is 4.98 Å². The van der Waals surface area contributed by atoms with Crippen molar-refractivity contribution < 1.29 is 4.74 Å². The normalized spacial score (nSPS) is 14.7. The van der Waals surface area contributed by atoms with E-state index in [9.17, 15) is 0 Å². The summed E-state index contributed by atoms with van der Waals surface area (Å²) in [5.74, 6) is 0.436. The van der Waals surface area contributed by atoms with Crippen LogP contribution in [0.4, 0.5) is 0 Å². The first-order chi connectivity index (χ1) is 9.69. The molecule has 0 aliphatic carbocycles. The molecule has 1 aromatic carbocycles. The molecule has 0 radical (unpaired) electrons. The number of likely N-dealkylation sites (N-methyl/N-ethyl adjacent to an activating group) is 1. The summed E-state index contributed by atoms with van der Waals surface area (Å²) < 4.78 is 5.97. The molecule has 2 aromatic rings. The molecule has 2 atom stereocenters. The zero-order valence-electron chi connectivity index (χ0n) is 12.8. The van der Waals surface area contributed by atoms with Gasteiger partial charge in [0.2, 0.25) is 0 Å². The lowest BCUT2D eigenvalue weighted by Gasteiger charge is -2.30. The van der Waals surface area contributed by atoms with E-state index in [1.54, 1.807) is 0 Å². The second-order valence-electron chi connectivity index (χ2n) is 5.38. The van der Waals surface area contributed by atoms with E-state index in [2.05, 4.69) is 42.3 Å². The van der Waals surface area contributed by atoms with Crippen LogP contribution in [0.3, 0.4) is 0 Å². The van der Waals surface area contributed by atoms with E-state index >= 15 is 0 Å². The van der Waals surface area contributed by atoms with Crippen LogP contribution in [0.25, 0.3) is 10.8 Å². The van der Waals surface area contributed by atoms with Crippen LogP contribution in [-0.4, -0.2) is 24.7 Å². The number of aromatic nitrogens is 1. The molecular formula is C17H24N2O. The molecule has 3 nitrogen and oxygen atoms in total. The summed E-state index contributed by atoms with van der Waals surface area (Å²) in [5.41, 5.74) is 1.21. The van der Waals surface area contributed by atoms with E-state index in [1.807, 2.05) is 32.4 Å². The number of hydrogen-bond acceptors (Lipinski definition) is 3. The van der Waals surface area contributed by atoms with Gasteiger partial charge in [0.25, 0.3) is 0 Å². The summed E-state index contributed by atoms with van der Waals surface area (Å²) in [6, 6.07) is 8.52. The number of fused-ring (bicyclic) bond motifs is 1. The van der Waals surface area contributed by atoms with Crippen molar-refractivity contribution in [3.05, 3.63) is 42.2 Å². The fraction of sp³-hybridized carbons (Fsp3) is 0.471. The van der Waals surface area contributed by atoms with Gasteiger partial charge in [-0.05, 0) is 30.8 Å². The van der Waals surface area contributed by atoms with Gasteiger partial charge in [0, 0.05) is 24.4 Å². The Labute approximate surface area is 121 Å². The Morgan fingerprint density at radius 2 is 1.95 bits per heavy atom. The molecule has 0 bridgehead atoms. The van der Waals surface area contributed by atoms with Gasteiger partial charge >= 0.3 is 0 Å². The van der Waals surface area contributed by atoms with Crippen molar-refractivity contribution >= 4 is 10.8 Å². The first kappa shape index (κ1) is 14.9. The minimum absolute atomic E-state index is 0.137. The van der Waals surface area contributed by atoms with Crippen LogP contribution in [0, 0.1) is 5.92 Å². The third-order valence-electron chi connectivity index (χ3n) is 3.69. The lowest BCUT2D eigenvalue weighted by Crippen LogP contribution is -2.35. The first-order valence-corrected chi connectivity index (χ1v) is 7.30. The van der Waals surface area contributed by atoms with Crippen LogP contribution >= 0.6 is 0 Å². The first-order valence-electron chi connectivity index (χ1n) is 7.30. The van der Waals surface area contributed by atoms with Crippen LogP contribution in [0.5, 0.6) is 0 Å². The van der Waals surface area contributed by atoms with Crippen LogP contribution in [0.1, 0.15) is 32.4 Å². The second-order valence-corrected chi connectivity index (χ2v) is 5.38. The van der Waals surface area contributed by atoms with Gasteiger partial charge in [0.05, 0.1) is 12.1 Å². The van der Waals surface area contributed by atoms with E-state index in [0.717, 1.165) is 6.61 Å². The fourth-order valence-electron chi connectivity index (χ4n) is 2.75. The molecule has 0 fully saturated rings. The van der Waals surface area contributed by atoms with Crippen molar-refractivity contribution in [2.45, 2.75) is 32.9 Å². The van der Waals surface area contributed by atoms with Crippen LogP contribution < -0.4 is 5.32 Å². The molecule has 0 amide bonds. The standard InChI is InChI=1S/C17H24N2O/c1-5-20-17(12(2)3)16(18-4)15-11-19-10-13-8-6-7-9-14(13)15/h6-12,16-18H,5H2,1-4H3. The summed E-state index contributed by atoms with van der Waals surface area (Å²) in [7, 11) is 1.99. The Morgan fingerprint density at radius 1 is 1.20 bits per heavy atom. The number of benzene rings is 1. The van der Waals surface area contributed by atoms with Gasteiger partial charge in [-0.25, -0.2) is 0 Å². The minimum Gasteiger partial charge on any atom is -0.376 e. The van der Waals surface area contributed by atoms with Crippen molar-refractivity contribution in [3.8, 4) is 0 Å². The molecule has 1 heterocycles. The lowest BCUT2D eigenvalue weighted by molar-refractivity contribution is 0.00487. The number of rotatable bonds is 6. The quantitative estimate of drug-likeness (QED) is 0.873. The summed E-state index contributed by atoms with van der Waals surface area (Å²) >= 11 is 0. The molecule has 0 saturated carbocycles. The number of ether oxygens (including phenoxy) is 1. The average molecular weight is 272 g/mol. The second kappa shape index (κ2) is 6.82. The van der Waals surface area contributed by atoms with Crippen LogP contribution in [0.2, 0.25) is 0 Å². The molecule has 1 aromatic heterocycles. The Bertz CT molecular complexity index is 548. The Morgan fingerprint density at radius 3 is 2.60 bits per heavy atom. The van der Waals surface area contributed by atoms with Crippen LogP contribution in [-0.2, 0) is 4.74 Å². The predicted octanol–water partition coefficient (Wildman–Crippen LogP) is 3.56. The zero-order valence-corrected chi connectivity index (χ0v) is 12.8. The summed E-state index contributed by atoms with van der Waals surface area (Å²) in [4.78, 5) is 4.39. The SMILES string of the molecule is CCOC(C(C)C)C(NC)c1cncc2ccccc12. The number of pyridine rings is 1. The molecule has 20 heavy (non-hydrogen) atoms. The highest BCUT2D eigenvalue weighted by Gasteiger charge is 2.26. The predicted molar refractivity (Wildman–Crippen MR) is 83.8 cm³/mol. The molecule has 1 N–H and O–H groups in total. The van der Waals surface area contributed by atoms with E-state index in [4.69, 9.17) is 4.74 Å². The maximum Gasteiger partial charge on any atom is 0.0793 e. The number of hydrogen-bond donors (Lipinski definition) is 1. The highest BCUT2D eigenvalue weighted by atomic mass is 16.5. The van der Waals surface area contributed by atoms with E-state index in [1.165, 1.54) is 16.3 Å². The fourth-order valence-corrected chi connectivity index (χ4v) is 2.75. The van der Waals surface area contributed by atoms with Crippen molar-refractivity contribution in [2.75, 3.05) is 13.7 Å². The highest BCUT2D eigenvalue weighted by Crippen LogP contribution is 2.29. The van der Waals surface area contributed by atoms with Crippen molar-refractivity contribution in [1.82, 2.24) is 10.3 Å². The Balaban J connectivity index is 2.48. The molecule has 0 spiro atoms. The topological polar surface area (TPSA) is 34.1 Å². The highest BCUT2D eigenvalue weighted by molar-refractivity contribution is 5.85. The van der Waals surface area contributed by atoms with Gasteiger partial charge in [0.15, 0.2) is 0 Å². The molecule has 2 rings (SSSR count). The van der Waals surface area contributed by atoms with Gasteiger partial charge in [-0.2, -0.15) is 0 Å². The molecule has 3 heteroatoms. The number of nitrogens with zero attached hydrogens (tertiary/aromatic N) is 1. The zero-order chi connectivity index (χ0) is 14.5. The smallest absolute Gasteiger partial charge is 0.0793 e. The maximum absolute atomic E-state index is 5.97. The summed E-state index contributed by atoms with van der Waals surface area (Å²) in [5, 5.41) is 5.83. The van der Waals surface area contributed by atoms with Crippen molar-refractivity contribution in [2.24, 2.45) is 5.92 Å². The molecule has 0 saturated heterocycles. The average Bonchev–Trinajstić information content (AvgIpc) is 2.47. The lowest BCUT2D eigenvalue weighted by atomic mass is 9.91. The van der Waals surface area contributed by atoms with E-state index in [0.29, 0.717) is 5.92 Å². The van der Waals surface area contributed by atoms with E-state index < -0.39 is 0 Å². The van der Waals surface area contributed by atoms with Gasteiger partial charge < -0.3 is 10.1 Å². The van der Waals surface area contributed by atoms with Crippen molar-refractivity contribution in [3.63, 3.8) is 0 Å². The number of nitrogens with one attached hydrogen (secondary N) is 1. The van der Waals surface area contributed by atoms with Gasteiger partial charge in [-0.1, -0.05) is 38.1 Å². The molecular weight excluding hydrogens is 248 g/mol. The summed E-state index contributed by atoms with van der Waals surface area (Å²) in [6.45, 7) is 7.16. The molecule has 0 aliphatic rings. The largest absolute Gasteiger partial charge is 0.376 e. The summed E-state index contributed by atoms with van der Waals surface area (Å²) in [6.07, 6.45) is 4.01. The maximum atomic E-state index is 5.97. The third kappa shape index (κ3) is 3.00. The third-order valence-corrected chi connectivity index (χ3v) is 3.69. The molecule has 2 unspecified atom stereocenters. The van der Waals surface area contributed by atoms with Crippen molar-refractivity contribution in [1.29, 1.82) is 0 Å².